The molecule has 28 aromatic rings. The summed E-state index contributed by atoms with van der Waals surface area (Å²) >= 11 is 0. The summed E-state index contributed by atoms with van der Waals surface area (Å²) in [6, 6.07) is 169. The van der Waals surface area contributed by atoms with Gasteiger partial charge in [-0.3, -0.25) is 19.9 Å². The van der Waals surface area contributed by atoms with Crippen LogP contribution in [0.5, 0.6) is 0 Å². The second-order valence-electron chi connectivity index (χ2n) is 39.9. The summed E-state index contributed by atoms with van der Waals surface area (Å²) in [7, 11) is 0. The highest BCUT2D eigenvalue weighted by Gasteiger charge is 2.37. The fourth-order valence-electron chi connectivity index (χ4n) is 23.0. The van der Waals surface area contributed by atoms with Gasteiger partial charge < -0.3 is 0 Å². The summed E-state index contributed by atoms with van der Waals surface area (Å²) in [6.45, 7) is 9.31. The van der Waals surface area contributed by atoms with Crippen molar-refractivity contribution in [2.24, 2.45) is 0 Å². The maximum Gasteiger partial charge on any atom is 0.0972 e. The van der Waals surface area contributed by atoms with E-state index in [4.69, 9.17) is 19.9 Å². The van der Waals surface area contributed by atoms with Gasteiger partial charge in [-0.25, -0.2) is 19.9 Å². The minimum Gasteiger partial charge on any atom is -0.254 e. The lowest BCUT2D eigenvalue weighted by molar-refractivity contribution is 0.660. The molecular formula is C140H94N8. The molecule has 8 nitrogen and oxygen atoms in total. The summed E-state index contributed by atoms with van der Waals surface area (Å²) < 4.78 is 0. The van der Waals surface area contributed by atoms with Crippen LogP contribution < -0.4 is 0 Å². The first-order valence-electron chi connectivity index (χ1n) is 50.7. The fraction of sp³-hybridized carbons (Fsp3) is 0.0429. The molecule has 8 heteroatoms. The third-order valence-electron chi connectivity index (χ3n) is 30.6. The predicted octanol–water partition coefficient (Wildman–Crippen LogP) is 36.5. The Balaban J connectivity index is 0.0000000988. The van der Waals surface area contributed by atoms with Gasteiger partial charge in [-0.1, -0.05) is 404 Å². The van der Waals surface area contributed by atoms with E-state index in [1.54, 1.807) is 0 Å². The Bertz CT molecular complexity index is 9700. The number of hydrogen-bond donors (Lipinski definition) is 0. The molecule has 0 unspecified atom stereocenters. The van der Waals surface area contributed by atoms with Crippen LogP contribution in [0.3, 0.4) is 0 Å². The Hall–Kier alpha value is -19.0. The van der Waals surface area contributed by atoms with Gasteiger partial charge in [0.05, 0.1) is 66.9 Å². The molecule has 0 fully saturated rings. The maximum absolute atomic E-state index is 5.28. The molecule has 0 N–H and O–H groups in total. The van der Waals surface area contributed by atoms with Crippen molar-refractivity contribution < 1.29 is 0 Å². The second-order valence-corrected chi connectivity index (χ2v) is 39.9. The molecule has 148 heavy (non-hydrogen) atoms. The lowest BCUT2D eigenvalue weighted by Crippen LogP contribution is -2.14. The van der Waals surface area contributed by atoms with E-state index in [0.29, 0.717) is 0 Å². The van der Waals surface area contributed by atoms with Crippen molar-refractivity contribution in [3.8, 4) is 123 Å². The Morgan fingerprint density at radius 3 is 0.845 bits per heavy atom. The molecule has 0 bridgehead atoms. The van der Waals surface area contributed by atoms with Crippen LogP contribution in [0, 0.1) is 0 Å². The molecule has 20 aromatic carbocycles. The van der Waals surface area contributed by atoms with Gasteiger partial charge in [0.15, 0.2) is 0 Å². The predicted molar refractivity (Wildman–Crippen MR) is 620 cm³/mol. The average Bonchev–Trinajstić information content (AvgIpc) is 1.53. The first-order valence-corrected chi connectivity index (χ1v) is 50.7. The molecule has 0 amide bonds. The molecule has 30 rings (SSSR count). The summed E-state index contributed by atoms with van der Waals surface area (Å²) in [5.74, 6) is 0. The van der Waals surface area contributed by atoms with E-state index in [1.807, 2.05) is 49.1 Å². The van der Waals surface area contributed by atoms with E-state index < -0.39 is 0 Å². The van der Waals surface area contributed by atoms with Gasteiger partial charge >= 0.3 is 0 Å². The molecule has 2 aliphatic carbocycles. The normalized spacial score (nSPS) is 12.6. The minimum absolute atomic E-state index is 0.0479. The molecule has 0 saturated carbocycles. The monoisotopic (exact) mass is 1890 g/mol. The molecule has 8 heterocycles. The zero-order chi connectivity index (χ0) is 98.7. The van der Waals surface area contributed by atoms with Gasteiger partial charge in [-0.15, -0.1) is 0 Å². The van der Waals surface area contributed by atoms with Crippen molar-refractivity contribution in [3.63, 3.8) is 0 Å². The Morgan fingerprint density at radius 2 is 0.432 bits per heavy atom. The summed E-state index contributed by atoms with van der Waals surface area (Å²) in [5, 5.41) is 21.7. The number of fused-ring (bicyclic) bond motifs is 25. The highest BCUT2D eigenvalue weighted by molar-refractivity contribution is 6.25. The zero-order valence-corrected chi connectivity index (χ0v) is 81.9. The fourth-order valence-corrected chi connectivity index (χ4v) is 23.0. The van der Waals surface area contributed by atoms with E-state index in [-0.39, 0.29) is 10.8 Å². The number of nitrogens with zero attached hydrogens (tertiary/aromatic N) is 8. The van der Waals surface area contributed by atoms with Crippen LogP contribution in [0.15, 0.2) is 498 Å². The maximum atomic E-state index is 5.28. The van der Waals surface area contributed by atoms with E-state index in [9.17, 15) is 0 Å². The highest BCUT2D eigenvalue weighted by atomic mass is 14.8. The van der Waals surface area contributed by atoms with Gasteiger partial charge in [-0.2, -0.15) is 0 Å². The Labute approximate surface area is 856 Å². The molecular weight excluding hydrogens is 1790 g/mol. The van der Waals surface area contributed by atoms with Crippen LogP contribution in [0.2, 0.25) is 0 Å². The zero-order valence-electron chi connectivity index (χ0n) is 81.9. The first-order chi connectivity index (χ1) is 72.8. The minimum atomic E-state index is -0.0479. The van der Waals surface area contributed by atoms with Crippen LogP contribution in [0.1, 0.15) is 49.9 Å². The molecule has 0 spiro atoms. The van der Waals surface area contributed by atoms with Crippen molar-refractivity contribution in [3.05, 3.63) is 520 Å². The van der Waals surface area contributed by atoms with Gasteiger partial charge in [-0.05, 0) is 251 Å². The van der Waals surface area contributed by atoms with Crippen molar-refractivity contribution >= 4 is 141 Å². The van der Waals surface area contributed by atoms with E-state index in [0.717, 1.165) is 143 Å². The number of pyridine rings is 8. The quantitative estimate of drug-likeness (QED) is 0.132. The third-order valence-corrected chi connectivity index (χ3v) is 30.6. The first kappa shape index (κ1) is 88.0. The van der Waals surface area contributed by atoms with Gasteiger partial charge in [0, 0.05) is 101 Å². The van der Waals surface area contributed by atoms with Crippen LogP contribution in [-0.2, 0) is 10.8 Å². The molecule has 2 aliphatic rings. The van der Waals surface area contributed by atoms with Crippen molar-refractivity contribution in [2.75, 3.05) is 0 Å². The van der Waals surface area contributed by atoms with E-state index >= 15 is 0 Å². The molecule has 0 aliphatic heterocycles. The van der Waals surface area contributed by atoms with Crippen LogP contribution in [-0.4, -0.2) is 39.9 Å². The summed E-state index contributed by atoms with van der Waals surface area (Å²) in [4.78, 5) is 39.2. The molecule has 0 radical (unpaired) electrons. The smallest absolute Gasteiger partial charge is 0.0972 e. The number of aromatic nitrogens is 8. The lowest BCUT2D eigenvalue weighted by atomic mass is 9.82. The largest absolute Gasteiger partial charge is 0.254 e. The van der Waals surface area contributed by atoms with Gasteiger partial charge in [0.2, 0.25) is 0 Å². The summed E-state index contributed by atoms with van der Waals surface area (Å²) in [5.41, 5.74) is 38.5. The van der Waals surface area contributed by atoms with Gasteiger partial charge in [0.25, 0.3) is 0 Å². The van der Waals surface area contributed by atoms with Crippen molar-refractivity contribution in [2.45, 2.75) is 38.5 Å². The average molecular weight is 1890 g/mol. The van der Waals surface area contributed by atoms with Gasteiger partial charge in [0.1, 0.15) is 0 Å². The van der Waals surface area contributed by atoms with E-state index in [1.165, 1.54) is 143 Å². The molecule has 0 atom stereocenters. The van der Waals surface area contributed by atoms with Crippen LogP contribution >= 0.6 is 0 Å². The highest BCUT2D eigenvalue weighted by Crippen LogP contribution is 2.53. The number of hydrogen-bond acceptors (Lipinski definition) is 8. The lowest BCUT2D eigenvalue weighted by Gasteiger charge is -2.22. The van der Waals surface area contributed by atoms with Crippen LogP contribution in [0.4, 0.5) is 0 Å². The van der Waals surface area contributed by atoms with Crippen LogP contribution in [0.25, 0.3) is 264 Å². The van der Waals surface area contributed by atoms with Crippen molar-refractivity contribution in [1.82, 2.24) is 39.9 Å². The Kier molecular flexibility index (Phi) is 21.5. The number of benzene rings is 20. The van der Waals surface area contributed by atoms with E-state index in [2.05, 4.69) is 497 Å². The van der Waals surface area contributed by atoms with Crippen molar-refractivity contribution in [1.29, 1.82) is 0 Å². The topological polar surface area (TPSA) is 103 Å². The summed E-state index contributed by atoms with van der Waals surface area (Å²) in [6.07, 6.45) is 7.40. The Morgan fingerprint density at radius 1 is 0.135 bits per heavy atom. The third kappa shape index (κ3) is 15.5. The molecule has 0 saturated heterocycles. The molecule has 694 valence electrons. The standard InChI is InChI=1S/C42H32N2.C38H24.C36H22N4.C24H16N2/c1-41(2)33-11-7-5-9-29(33)31-19-15-27(23-35(31)41)37-21-17-25-13-14-26-18-22-38(44-40(26)39(25)43-37)28-16-20-32-30-10-6-8-12-34(30)42(3,4)36(32)24-28;1-3-11-27-21-29(19-17-25(27)9-1)35-23-37-34-16-8-6-14-32(34)36(24-38(37)33-15-7-5-13-31(33)35)30-20-18-26-10-2-4-12-28(26)22-30;1-5-27(21-29(7-1)31-17-15-25-13-11-23-9-3-19-37-33(23)35(25)39-31)28-6-2-8-30(22-28)32-18-16-26-14-12-24-10-4-20-38-34(24)36(26)40-32;1-3-7-17(8-4-1)19-13-15-25-23-21(19)11-12-22-20(14-16-26-24(22)23)18-9-5-2-6-10-18/h5-24H,1-4H3;1-24H;1-22H;1-16H. The SMILES string of the molecule is CC1(C)c2ccccc2-c2ccc(-c3ccc4ccc5ccc(-c6ccc7c(c6)C(C)(C)c6ccccc6-7)nc5c4n3)cc21.c1cc(-c2cccc(-c3ccc4ccc5cccnc5c4n3)c2)cc(-c2ccc3ccc4cccnc4c3n2)c1.c1ccc(-c2ccnc3c2ccc2c(-c4ccccc4)ccnc23)cc1.c1ccc2cc(-c3cc4c5ccccc5c(-c5ccc6ccccc6c5)cc4c4ccccc34)ccc2c1. The second kappa shape index (κ2) is 36.1. The molecule has 8 aromatic heterocycles. The number of rotatable bonds is 9.